The van der Waals surface area contributed by atoms with Crippen LogP contribution >= 0.6 is 0 Å². The number of aromatic nitrogens is 3. The molecule has 34 heavy (non-hydrogen) atoms. The maximum atomic E-state index is 12.0. The van der Waals surface area contributed by atoms with Crippen molar-refractivity contribution in [2.45, 2.75) is 57.6 Å². The molecular weight excluding hydrogens is 432 g/mol. The van der Waals surface area contributed by atoms with Gasteiger partial charge in [-0.3, -0.25) is 0 Å². The van der Waals surface area contributed by atoms with Crippen LogP contribution in [0, 0.1) is 0 Å². The van der Waals surface area contributed by atoms with Gasteiger partial charge in [0.1, 0.15) is 0 Å². The number of hydrogen-bond acceptors (Lipinski definition) is 6. The molecule has 1 aliphatic heterocycles. The topological polar surface area (TPSA) is 101 Å². The number of nitrogens with zero attached hydrogens (tertiary/aromatic N) is 4. The van der Waals surface area contributed by atoms with Gasteiger partial charge < -0.3 is 19.8 Å². The van der Waals surface area contributed by atoms with Gasteiger partial charge >= 0.3 is 5.97 Å². The summed E-state index contributed by atoms with van der Waals surface area (Å²) >= 11 is 0. The molecule has 8 heteroatoms. The van der Waals surface area contributed by atoms with Crippen molar-refractivity contribution in [1.82, 2.24) is 14.8 Å². The van der Waals surface area contributed by atoms with Gasteiger partial charge in [-0.1, -0.05) is 26.0 Å². The summed E-state index contributed by atoms with van der Waals surface area (Å²) in [5.41, 5.74) is 4.42. The van der Waals surface area contributed by atoms with Gasteiger partial charge in [-0.2, -0.15) is 5.10 Å². The van der Waals surface area contributed by atoms with Crippen LogP contribution in [-0.2, 0) is 4.74 Å². The number of carboxylic acid groups (broad SMARTS) is 1. The van der Waals surface area contributed by atoms with Crippen molar-refractivity contribution in [3.8, 4) is 11.1 Å². The Labute approximate surface area is 199 Å². The summed E-state index contributed by atoms with van der Waals surface area (Å²) in [6.45, 7) is 7.36. The molecule has 1 aliphatic carbocycles. The Hall–Kier alpha value is -2.97. The van der Waals surface area contributed by atoms with Crippen LogP contribution in [0.15, 0.2) is 30.3 Å². The molecule has 3 heterocycles. The molecular formula is C26H32N4O4. The lowest BCUT2D eigenvalue weighted by molar-refractivity contribution is 0.0690. The van der Waals surface area contributed by atoms with E-state index in [2.05, 4.69) is 48.0 Å². The van der Waals surface area contributed by atoms with E-state index in [1.54, 1.807) is 6.07 Å². The Morgan fingerprint density at radius 2 is 1.88 bits per heavy atom. The van der Waals surface area contributed by atoms with Gasteiger partial charge in [0.15, 0.2) is 11.3 Å². The molecule has 0 unspecified atom stereocenters. The first-order valence-corrected chi connectivity index (χ1v) is 12.2. The molecule has 1 saturated heterocycles. The smallest absolute Gasteiger partial charge is 0.354 e. The fourth-order valence-corrected chi connectivity index (χ4v) is 5.19. The van der Waals surface area contributed by atoms with Crippen molar-refractivity contribution in [2.24, 2.45) is 0 Å². The lowest BCUT2D eigenvalue weighted by Crippen LogP contribution is -2.36. The maximum absolute atomic E-state index is 12.0. The van der Waals surface area contributed by atoms with Crippen LogP contribution in [0.2, 0.25) is 0 Å². The second-order valence-electron chi connectivity index (χ2n) is 9.66. The van der Waals surface area contributed by atoms with Crippen LogP contribution in [0.5, 0.6) is 0 Å². The van der Waals surface area contributed by atoms with Crippen molar-refractivity contribution in [3.05, 3.63) is 41.7 Å². The number of aromatic carboxylic acids is 1. The molecule has 2 fully saturated rings. The normalized spacial score (nSPS) is 21.4. The minimum Gasteiger partial charge on any atom is -0.477 e. The van der Waals surface area contributed by atoms with Gasteiger partial charge in [0.2, 0.25) is 0 Å². The van der Waals surface area contributed by atoms with E-state index in [-0.39, 0.29) is 23.8 Å². The van der Waals surface area contributed by atoms with Gasteiger partial charge in [-0.05, 0) is 60.9 Å². The van der Waals surface area contributed by atoms with Crippen molar-refractivity contribution >= 4 is 22.7 Å². The minimum absolute atomic E-state index is 0.00633. The van der Waals surface area contributed by atoms with E-state index in [0.29, 0.717) is 12.1 Å². The number of morpholine rings is 1. The van der Waals surface area contributed by atoms with Crippen LogP contribution in [0.4, 0.5) is 5.69 Å². The van der Waals surface area contributed by atoms with E-state index < -0.39 is 5.97 Å². The second kappa shape index (κ2) is 9.35. The number of aliphatic hydroxyl groups excluding tert-OH is 1. The van der Waals surface area contributed by atoms with Gasteiger partial charge in [-0.25, -0.2) is 14.5 Å². The molecule has 2 atom stereocenters. The van der Waals surface area contributed by atoms with E-state index in [1.807, 2.05) is 4.68 Å². The first-order valence-electron chi connectivity index (χ1n) is 12.2. The van der Waals surface area contributed by atoms with Gasteiger partial charge in [0, 0.05) is 18.8 Å². The Kier molecular flexibility index (Phi) is 6.27. The lowest BCUT2D eigenvalue weighted by Gasteiger charge is -2.29. The van der Waals surface area contributed by atoms with Crippen molar-refractivity contribution in [3.63, 3.8) is 0 Å². The number of rotatable bonds is 5. The van der Waals surface area contributed by atoms with E-state index >= 15 is 0 Å². The van der Waals surface area contributed by atoms with Crippen LogP contribution in [0.25, 0.3) is 22.2 Å². The van der Waals surface area contributed by atoms with Crippen molar-refractivity contribution in [1.29, 1.82) is 0 Å². The molecule has 0 amide bonds. The molecule has 180 valence electrons. The summed E-state index contributed by atoms with van der Waals surface area (Å²) in [6, 6.07) is 9.96. The molecule has 0 bridgehead atoms. The standard InChI is InChI=1S/C26H32N4O4/c1-16(2)24-23-21(17-6-8-18(9-7-17)29-10-12-34-13-11-29)15-22(26(32)33)27-25(23)30(28-24)19-4-3-5-20(31)14-19/h6-9,15-16,19-20,31H,3-5,10-14H2,1-2H3,(H,32,33)/t19-,20-/m1/s1. The molecule has 1 aromatic carbocycles. The third-order valence-electron chi connectivity index (χ3n) is 6.97. The number of ether oxygens (including phenoxy) is 1. The third kappa shape index (κ3) is 4.28. The number of anilines is 1. The predicted molar refractivity (Wildman–Crippen MR) is 131 cm³/mol. The zero-order valence-corrected chi connectivity index (χ0v) is 19.8. The van der Waals surface area contributed by atoms with Crippen LogP contribution < -0.4 is 4.90 Å². The van der Waals surface area contributed by atoms with Crippen LogP contribution in [0.3, 0.4) is 0 Å². The average Bonchev–Trinajstić information content (AvgIpc) is 3.24. The third-order valence-corrected chi connectivity index (χ3v) is 6.97. The van der Waals surface area contributed by atoms with E-state index in [0.717, 1.165) is 73.5 Å². The average molecular weight is 465 g/mol. The monoisotopic (exact) mass is 464 g/mol. The SMILES string of the molecule is CC(C)c1nn([C@@H]2CCC[C@@H](O)C2)c2nc(C(=O)O)cc(-c3ccc(N4CCOCC4)cc3)c12. The highest BCUT2D eigenvalue weighted by atomic mass is 16.5. The number of carbonyl (C=O) groups is 1. The zero-order valence-electron chi connectivity index (χ0n) is 19.8. The molecule has 2 N–H and O–H groups in total. The summed E-state index contributed by atoms with van der Waals surface area (Å²) in [4.78, 5) is 18.9. The van der Waals surface area contributed by atoms with Gasteiger partial charge in [0.05, 0.1) is 36.4 Å². The number of aliphatic hydroxyl groups is 1. The Morgan fingerprint density at radius 1 is 1.15 bits per heavy atom. The number of pyridine rings is 1. The summed E-state index contributed by atoms with van der Waals surface area (Å²) in [5, 5.41) is 26.0. The molecule has 2 aliphatic rings. The molecule has 5 rings (SSSR count). The van der Waals surface area contributed by atoms with Gasteiger partial charge in [0.25, 0.3) is 0 Å². The predicted octanol–water partition coefficient (Wildman–Crippen LogP) is 4.23. The molecule has 3 aromatic rings. The summed E-state index contributed by atoms with van der Waals surface area (Å²) in [5.74, 6) is -0.920. The summed E-state index contributed by atoms with van der Waals surface area (Å²) in [6.07, 6.45) is 2.85. The van der Waals surface area contributed by atoms with Gasteiger partial charge in [-0.15, -0.1) is 0 Å². The maximum Gasteiger partial charge on any atom is 0.354 e. The number of fused-ring (bicyclic) bond motifs is 1. The largest absolute Gasteiger partial charge is 0.477 e. The lowest BCUT2D eigenvalue weighted by atomic mass is 9.93. The molecule has 2 aromatic heterocycles. The van der Waals surface area contributed by atoms with E-state index in [4.69, 9.17) is 9.84 Å². The number of carboxylic acids is 1. The second-order valence-corrected chi connectivity index (χ2v) is 9.66. The highest BCUT2D eigenvalue weighted by Crippen LogP contribution is 2.38. The highest BCUT2D eigenvalue weighted by Gasteiger charge is 2.28. The van der Waals surface area contributed by atoms with Crippen LogP contribution in [-0.4, -0.2) is 63.4 Å². The molecule has 0 radical (unpaired) electrons. The molecule has 8 nitrogen and oxygen atoms in total. The fraction of sp³-hybridized carbons (Fsp3) is 0.500. The minimum atomic E-state index is -1.06. The quantitative estimate of drug-likeness (QED) is 0.583. The first-order chi connectivity index (χ1) is 16.4. The van der Waals surface area contributed by atoms with Crippen molar-refractivity contribution in [2.75, 3.05) is 31.2 Å². The van der Waals surface area contributed by atoms with E-state index in [9.17, 15) is 15.0 Å². The summed E-state index contributed by atoms with van der Waals surface area (Å²) < 4.78 is 7.34. The Balaban J connectivity index is 1.65. The molecule has 1 saturated carbocycles. The highest BCUT2D eigenvalue weighted by molar-refractivity contribution is 6.00. The number of benzene rings is 1. The van der Waals surface area contributed by atoms with Crippen LogP contribution in [0.1, 0.15) is 67.7 Å². The fourth-order valence-electron chi connectivity index (χ4n) is 5.19. The zero-order chi connectivity index (χ0) is 23.8. The summed E-state index contributed by atoms with van der Waals surface area (Å²) in [7, 11) is 0. The number of hydrogen-bond donors (Lipinski definition) is 2. The first kappa shape index (κ1) is 22.8. The molecule has 0 spiro atoms. The van der Waals surface area contributed by atoms with E-state index in [1.165, 1.54) is 0 Å². The Bertz CT molecular complexity index is 1180. The van der Waals surface area contributed by atoms with Crippen molar-refractivity contribution < 1.29 is 19.7 Å². The Morgan fingerprint density at radius 3 is 2.53 bits per heavy atom.